The monoisotopic (exact) mass is 373 g/mol. The minimum atomic E-state index is -4.04. The van der Waals surface area contributed by atoms with Crippen molar-refractivity contribution in [1.82, 2.24) is 4.98 Å². The van der Waals surface area contributed by atoms with Crippen molar-refractivity contribution in [1.29, 1.82) is 0 Å². The summed E-state index contributed by atoms with van der Waals surface area (Å²) in [6.45, 7) is 1.93. The van der Waals surface area contributed by atoms with Crippen LogP contribution in [0, 0.1) is 12.7 Å². The molecule has 0 bridgehead atoms. The van der Waals surface area contributed by atoms with E-state index in [2.05, 4.69) is 25.6 Å². The summed E-state index contributed by atoms with van der Waals surface area (Å²) in [4.78, 5) is 3.49. The largest absolute Gasteiger partial charge is 0.326 e. The van der Waals surface area contributed by atoms with E-state index in [4.69, 9.17) is 5.73 Å². The van der Waals surface area contributed by atoms with Gasteiger partial charge >= 0.3 is 0 Å². The molecule has 5 nitrogen and oxygen atoms in total. The molecule has 0 aliphatic carbocycles. The van der Waals surface area contributed by atoms with E-state index in [1.54, 1.807) is 13.0 Å². The van der Waals surface area contributed by atoms with Gasteiger partial charge in [0.15, 0.2) is 0 Å². The van der Waals surface area contributed by atoms with Crippen LogP contribution < -0.4 is 10.5 Å². The third-order valence-electron chi connectivity index (χ3n) is 2.81. The zero-order valence-electron chi connectivity index (χ0n) is 11.1. The summed E-state index contributed by atoms with van der Waals surface area (Å²) in [5, 5.41) is 0. The van der Waals surface area contributed by atoms with Crippen molar-refractivity contribution in [2.45, 2.75) is 18.4 Å². The van der Waals surface area contributed by atoms with Crippen molar-refractivity contribution in [3.05, 3.63) is 51.9 Å². The number of halogens is 2. The molecule has 1 aromatic carbocycles. The predicted octanol–water partition coefficient (Wildman–Crippen LogP) is 2.55. The van der Waals surface area contributed by atoms with Crippen LogP contribution in [0.5, 0.6) is 0 Å². The molecule has 0 saturated carbocycles. The normalized spacial score (nSPS) is 11.4. The smallest absolute Gasteiger partial charge is 0.265 e. The van der Waals surface area contributed by atoms with Crippen molar-refractivity contribution >= 4 is 31.8 Å². The number of rotatable bonds is 4. The van der Waals surface area contributed by atoms with Gasteiger partial charge < -0.3 is 5.73 Å². The maximum atomic E-state index is 13.9. The fourth-order valence-electron chi connectivity index (χ4n) is 1.68. The number of hydrogen-bond acceptors (Lipinski definition) is 4. The summed E-state index contributed by atoms with van der Waals surface area (Å²) < 4.78 is 41.2. The SMILES string of the molecule is Cc1cc(NS(=O)(=O)c2ccc(CN)cc2F)ncc1Br. The molecule has 0 spiro atoms. The van der Waals surface area contributed by atoms with E-state index in [0.29, 0.717) is 5.56 Å². The van der Waals surface area contributed by atoms with Gasteiger partial charge in [-0.25, -0.2) is 17.8 Å². The molecule has 0 aliphatic heterocycles. The van der Waals surface area contributed by atoms with Gasteiger partial charge in [0.1, 0.15) is 16.5 Å². The molecule has 8 heteroatoms. The van der Waals surface area contributed by atoms with Crippen LogP contribution in [-0.2, 0) is 16.6 Å². The first-order valence-electron chi connectivity index (χ1n) is 5.97. The van der Waals surface area contributed by atoms with Gasteiger partial charge in [-0.05, 0) is 52.2 Å². The summed E-state index contributed by atoms with van der Waals surface area (Å²) in [6.07, 6.45) is 1.47. The summed E-state index contributed by atoms with van der Waals surface area (Å²) in [5.74, 6) is -0.725. The molecule has 21 heavy (non-hydrogen) atoms. The highest BCUT2D eigenvalue weighted by molar-refractivity contribution is 9.10. The lowest BCUT2D eigenvalue weighted by atomic mass is 10.2. The molecular formula is C13H13BrFN3O2S. The van der Waals surface area contributed by atoms with Crippen LogP contribution in [0.3, 0.4) is 0 Å². The summed E-state index contributed by atoms with van der Waals surface area (Å²) in [5.41, 5.74) is 6.71. The van der Waals surface area contributed by atoms with Gasteiger partial charge in [-0.1, -0.05) is 6.07 Å². The molecule has 2 aromatic rings. The minimum Gasteiger partial charge on any atom is -0.326 e. The predicted molar refractivity (Wildman–Crippen MR) is 81.8 cm³/mol. The first-order chi connectivity index (χ1) is 9.83. The Morgan fingerprint density at radius 1 is 1.38 bits per heavy atom. The third kappa shape index (κ3) is 3.58. The van der Waals surface area contributed by atoms with Crippen LogP contribution in [0.2, 0.25) is 0 Å². The van der Waals surface area contributed by atoms with Crippen LogP contribution in [-0.4, -0.2) is 13.4 Å². The van der Waals surface area contributed by atoms with E-state index in [0.717, 1.165) is 16.1 Å². The van der Waals surface area contributed by atoms with Crippen LogP contribution in [0.25, 0.3) is 0 Å². The number of benzene rings is 1. The summed E-state index contributed by atoms with van der Waals surface area (Å²) in [7, 11) is -4.04. The standard InChI is InChI=1S/C13H13BrFN3O2S/c1-8-4-13(17-7-10(8)14)18-21(19,20)12-3-2-9(6-16)5-11(12)15/h2-5,7H,6,16H2,1H3,(H,17,18). The summed E-state index contributed by atoms with van der Waals surface area (Å²) in [6, 6.07) is 5.31. The molecule has 0 unspecified atom stereocenters. The van der Waals surface area contributed by atoms with Crippen LogP contribution in [0.1, 0.15) is 11.1 Å². The molecule has 3 N–H and O–H groups in total. The molecule has 2 rings (SSSR count). The molecular weight excluding hydrogens is 361 g/mol. The van der Waals surface area contributed by atoms with E-state index < -0.39 is 20.7 Å². The van der Waals surface area contributed by atoms with E-state index in [1.807, 2.05) is 0 Å². The Labute approximate surface area is 130 Å². The number of aromatic nitrogens is 1. The van der Waals surface area contributed by atoms with E-state index in [-0.39, 0.29) is 12.4 Å². The fourth-order valence-corrected chi connectivity index (χ4v) is 2.95. The second kappa shape index (κ2) is 6.08. The van der Waals surface area contributed by atoms with Crippen molar-refractivity contribution in [3.8, 4) is 0 Å². The lowest BCUT2D eigenvalue weighted by Gasteiger charge is -2.10. The Bertz CT molecular complexity index is 781. The Kier molecular flexibility index (Phi) is 4.60. The van der Waals surface area contributed by atoms with Gasteiger partial charge in [-0.3, -0.25) is 4.72 Å². The van der Waals surface area contributed by atoms with Crippen molar-refractivity contribution in [2.24, 2.45) is 5.73 Å². The Morgan fingerprint density at radius 3 is 2.67 bits per heavy atom. The maximum absolute atomic E-state index is 13.9. The molecule has 0 atom stereocenters. The molecule has 0 fully saturated rings. The lowest BCUT2D eigenvalue weighted by molar-refractivity contribution is 0.569. The molecule has 112 valence electrons. The average Bonchev–Trinajstić information content (AvgIpc) is 2.42. The van der Waals surface area contributed by atoms with Gasteiger partial charge in [-0.2, -0.15) is 0 Å². The van der Waals surface area contributed by atoms with Crippen LogP contribution in [0.15, 0.2) is 39.8 Å². The van der Waals surface area contributed by atoms with Crippen LogP contribution >= 0.6 is 15.9 Å². The molecule has 0 radical (unpaired) electrons. The van der Waals surface area contributed by atoms with Gasteiger partial charge in [-0.15, -0.1) is 0 Å². The lowest BCUT2D eigenvalue weighted by Crippen LogP contribution is -2.16. The Balaban J connectivity index is 2.36. The molecule has 0 aliphatic rings. The zero-order chi connectivity index (χ0) is 15.6. The molecule has 0 amide bonds. The fraction of sp³-hybridized carbons (Fsp3) is 0.154. The number of aryl methyl sites for hydroxylation is 1. The average molecular weight is 374 g/mol. The van der Waals surface area contributed by atoms with Gasteiger partial charge in [0.25, 0.3) is 10.0 Å². The summed E-state index contributed by atoms with van der Waals surface area (Å²) >= 11 is 3.27. The Hall–Kier alpha value is -1.51. The van der Waals surface area contributed by atoms with Crippen molar-refractivity contribution < 1.29 is 12.8 Å². The second-order valence-electron chi connectivity index (χ2n) is 4.39. The number of nitrogens with one attached hydrogen (secondary N) is 1. The van der Waals surface area contributed by atoms with Gasteiger partial charge in [0, 0.05) is 17.2 Å². The minimum absolute atomic E-state index is 0.123. The molecule has 1 heterocycles. The van der Waals surface area contributed by atoms with Crippen molar-refractivity contribution in [3.63, 3.8) is 0 Å². The topological polar surface area (TPSA) is 85.1 Å². The van der Waals surface area contributed by atoms with Gasteiger partial charge in [0.2, 0.25) is 0 Å². The number of nitrogens with two attached hydrogens (primary N) is 1. The number of anilines is 1. The Morgan fingerprint density at radius 2 is 2.10 bits per heavy atom. The highest BCUT2D eigenvalue weighted by atomic mass is 79.9. The van der Waals surface area contributed by atoms with Gasteiger partial charge in [0.05, 0.1) is 0 Å². The number of hydrogen-bond donors (Lipinski definition) is 2. The number of nitrogens with zero attached hydrogens (tertiary/aromatic N) is 1. The second-order valence-corrected chi connectivity index (χ2v) is 6.90. The quantitative estimate of drug-likeness (QED) is 0.862. The van der Waals surface area contributed by atoms with E-state index >= 15 is 0 Å². The molecule has 0 saturated heterocycles. The van der Waals surface area contributed by atoms with Crippen molar-refractivity contribution in [2.75, 3.05) is 4.72 Å². The number of pyridine rings is 1. The number of sulfonamides is 1. The van der Waals surface area contributed by atoms with E-state index in [9.17, 15) is 12.8 Å². The maximum Gasteiger partial charge on any atom is 0.265 e. The van der Waals surface area contributed by atoms with Crippen LogP contribution in [0.4, 0.5) is 10.2 Å². The van der Waals surface area contributed by atoms with E-state index in [1.165, 1.54) is 18.3 Å². The highest BCUT2D eigenvalue weighted by Gasteiger charge is 2.20. The first kappa shape index (κ1) is 15.9. The highest BCUT2D eigenvalue weighted by Crippen LogP contribution is 2.21. The third-order valence-corrected chi connectivity index (χ3v) is 5.03. The zero-order valence-corrected chi connectivity index (χ0v) is 13.5. The first-order valence-corrected chi connectivity index (χ1v) is 8.24. The molecule has 1 aromatic heterocycles.